The smallest absolute Gasteiger partial charge is 0.263 e. The predicted molar refractivity (Wildman–Crippen MR) is 101 cm³/mol. The first-order valence-corrected chi connectivity index (χ1v) is 10.6. The summed E-state index contributed by atoms with van der Waals surface area (Å²) in [7, 11) is 0. The first-order chi connectivity index (χ1) is 13.1. The molecule has 4 aliphatic carbocycles. The van der Waals surface area contributed by atoms with E-state index in [-0.39, 0.29) is 28.5 Å². The van der Waals surface area contributed by atoms with Crippen LogP contribution in [0.5, 0.6) is 0 Å². The van der Waals surface area contributed by atoms with E-state index in [2.05, 4.69) is 9.97 Å². The average molecular weight is 371 g/mol. The Bertz CT molecular complexity index is 767. The van der Waals surface area contributed by atoms with Crippen molar-refractivity contribution in [3.05, 3.63) is 27.9 Å². The molecule has 0 aromatic carbocycles. The van der Waals surface area contributed by atoms with Gasteiger partial charge in [0, 0.05) is 18.2 Å². The van der Waals surface area contributed by atoms with Crippen molar-refractivity contribution in [1.29, 1.82) is 0 Å². The normalized spacial score (nSPS) is 37.6. The van der Waals surface area contributed by atoms with Gasteiger partial charge >= 0.3 is 0 Å². The van der Waals surface area contributed by atoms with Gasteiger partial charge in [0.25, 0.3) is 11.5 Å². The van der Waals surface area contributed by atoms with Gasteiger partial charge in [0.15, 0.2) is 0 Å². The van der Waals surface area contributed by atoms with Gasteiger partial charge in [0.2, 0.25) is 0 Å². The lowest BCUT2D eigenvalue weighted by molar-refractivity contribution is -0.00975. The molecular formula is C21H29N3O3. The monoisotopic (exact) mass is 371 g/mol. The summed E-state index contributed by atoms with van der Waals surface area (Å²) < 4.78 is 5.48. The fourth-order valence-electron chi connectivity index (χ4n) is 6.63. The Kier molecular flexibility index (Phi) is 4.15. The Morgan fingerprint density at radius 1 is 1.26 bits per heavy atom. The van der Waals surface area contributed by atoms with E-state index in [9.17, 15) is 9.59 Å². The van der Waals surface area contributed by atoms with Crippen molar-refractivity contribution in [2.24, 2.45) is 17.8 Å². The molecule has 1 atom stereocenters. The van der Waals surface area contributed by atoms with Crippen molar-refractivity contribution in [3.63, 3.8) is 0 Å². The number of hydrogen-bond acceptors (Lipinski definition) is 4. The molecule has 4 saturated carbocycles. The molecule has 5 fully saturated rings. The Balaban J connectivity index is 1.43. The number of rotatable bonds is 3. The average Bonchev–Trinajstić information content (AvgIpc) is 2.66. The van der Waals surface area contributed by atoms with Gasteiger partial charge in [0.05, 0.1) is 19.3 Å². The summed E-state index contributed by atoms with van der Waals surface area (Å²) in [6.07, 6.45) is 9.88. The van der Waals surface area contributed by atoms with Crippen molar-refractivity contribution in [1.82, 2.24) is 14.9 Å². The maximum atomic E-state index is 13.0. The molecule has 0 spiro atoms. The lowest BCUT2D eigenvalue weighted by Crippen LogP contribution is -2.51. The fourth-order valence-corrected chi connectivity index (χ4v) is 6.63. The lowest BCUT2D eigenvalue weighted by atomic mass is 9.49. The number of carbonyl (C=O) groups is 1. The number of aromatic amines is 1. The third-order valence-electron chi connectivity index (χ3n) is 7.53. The lowest BCUT2D eigenvalue weighted by Gasteiger charge is -2.56. The van der Waals surface area contributed by atoms with Crippen molar-refractivity contribution in [2.75, 3.05) is 19.8 Å². The molecular weight excluding hydrogens is 342 g/mol. The second kappa shape index (κ2) is 6.43. The first kappa shape index (κ1) is 17.4. The zero-order valence-corrected chi connectivity index (χ0v) is 16.1. The number of carbonyl (C=O) groups excluding carboxylic acids is 1. The minimum atomic E-state index is -0.276. The number of hydrogen-bond donors (Lipinski definition) is 1. The molecule has 2 heterocycles. The summed E-state index contributed by atoms with van der Waals surface area (Å²) in [6.45, 7) is 3.64. The maximum absolute atomic E-state index is 13.0. The zero-order valence-electron chi connectivity index (χ0n) is 16.1. The van der Waals surface area contributed by atoms with Gasteiger partial charge in [-0.2, -0.15) is 0 Å². The predicted octanol–water partition coefficient (Wildman–Crippen LogP) is 2.49. The van der Waals surface area contributed by atoms with Gasteiger partial charge in [0.1, 0.15) is 11.4 Å². The first-order valence-electron chi connectivity index (χ1n) is 10.6. The molecule has 27 heavy (non-hydrogen) atoms. The van der Waals surface area contributed by atoms with Crippen LogP contribution in [-0.4, -0.2) is 46.6 Å². The highest BCUT2D eigenvalue weighted by Crippen LogP contribution is 2.59. The summed E-state index contributed by atoms with van der Waals surface area (Å²) in [5, 5.41) is 0. The Morgan fingerprint density at radius 2 is 1.93 bits per heavy atom. The minimum Gasteiger partial charge on any atom is -0.377 e. The summed E-state index contributed by atoms with van der Waals surface area (Å²) in [4.78, 5) is 35.3. The van der Waals surface area contributed by atoms with Crippen LogP contribution in [0.15, 0.2) is 11.0 Å². The van der Waals surface area contributed by atoms with Crippen molar-refractivity contribution >= 4 is 5.91 Å². The Hall–Kier alpha value is -1.69. The molecule has 6 heteroatoms. The van der Waals surface area contributed by atoms with Crippen molar-refractivity contribution < 1.29 is 9.53 Å². The van der Waals surface area contributed by atoms with Crippen LogP contribution in [0, 0.1) is 17.8 Å². The van der Waals surface area contributed by atoms with Gasteiger partial charge in [-0.05, 0) is 62.7 Å². The van der Waals surface area contributed by atoms with E-state index in [1.54, 1.807) is 4.90 Å². The van der Waals surface area contributed by atoms with E-state index >= 15 is 0 Å². The molecule has 5 aliphatic rings. The van der Waals surface area contributed by atoms with E-state index in [4.69, 9.17) is 4.74 Å². The summed E-state index contributed by atoms with van der Waals surface area (Å²) in [6, 6.07) is 0.0356. The molecule has 0 unspecified atom stereocenters. The highest BCUT2D eigenvalue weighted by molar-refractivity contribution is 5.93. The van der Waals surface area contributed by atoms with Crippen LogP contribution >= 0.6 is 0 Å². The van der Waals surface area contributed by atoms with Crippen LogP contribution < -0.4 is 5.56 Å². The van der Waals surface area contributed by atoms with E-state index in [1.807, 2.05) is 6.92 Å². The van der Waals surface area contributed by atoms with Crippen LogP contribution in [0.1, 0.15) is 68.1 Å². The molecule has 1 saturated heterocycles. The Labute approximate surface area is 159 Å². The van der Waals surface area contributed by atoms with Crippen LogP contribution in [0.2, 0.25) is 0 Å². The zero-order chi connectivity index (χ0) is 18.6. The standard InChI is InChI=1S/C21H29N3O3/c1-2-16-12-27-4-3-24(16)19(26)17-11-22-20(23-18(17)25)21-8-13-5-14(9-21)7-15(6-13)10-21/h11,13-16H,2-10,12H2,1H3,(H,22,23,25)/t13?,14?,15?,16-,21?/m0/s1. The largest absolute Gasteiger partial charge is 0.377 e. The van der Waals surface area contributed by atoms with E-state index in [1.165, 1.54) is 25.5 Å². The van der Waals surface area contributed by atoms with Crippen molar-refractivity contribution in [2.45, 2.75) is 63.3 Å². The third kappa shape index (κ3) is 2.84. The van der Waals surface area contributed by atoms with Gasteiger partial charge in [-0.3, -0.25) is 9.59 Å². The van der Waals surface area contributed by atoms with Crippen LogP contribution in [-0.2, 0) is 10.2 Å². The van der Waals surface area contributed by atoms with E-state index < -0.39 is 0 Å². The molecule has 1 aromatic rings. The second-order valence-corrected chi connectivity index (χ2v) is 9.31. The third-order valence-corrected chi connectivity index (χ3v) is 7.53. The molecule has 146 valence electrons. The molecule has 1 aliphatic heterocycles. The number of nitrogens with one attached hydrogen (secondary N) is 1. The molecule has 4 bridgehead atoms. The van der Waals surface area contributed by atoms with Gasteiger partial charge in [-0.25, -0.2) is 4.98 Å². The molecule has 0 radical (unpaired) electrons. The fraction of sp³-hybridized carbons (Fsp3) is 0.762. The van der Waals surface area contributed by atoms with Crippen LogP contribution in [0.4, 0.5) is 0 Å². The minimum absolute atomic E-state index is 0.0356. The van der Waals surface area contributed by atoms with E-state index in [0.717, 1.165) is 49.3 Å². The molecule has 1 N–H and O–H groups in total. The Morgan fingerprint density at radius 3 is 2.52 bits per heavy atom. The number of nitrogens with zero attached hydrogens (tertiary/aromatic N) is 2. The number of aromatic nitrogens is 2. The highest BCUT2D eigenvalue weighted by atomic mass is 16.5. The van der Waals surface area contributed by atoms with Crippen molar-refractivity contribution in [3.8, 4) is 0 Å². The molecule has 6 nitrogen and oxygen atoms in total. The summed E-state index contributed by atoms with van der Waals surface area (Å²) in [5.74, 6) is 3.00. The van der Waals surface area contributed by atoms with E-state index in [0.29, 0.717) is 19.8 Å². The van der Waals surface area contributed by atoms with Crippen LogP contribution in [0.3, 0.4) is 0 Å². The molecule has 6 rings (SSSR count). The van der Waals surface area contributed by atoms with Gasteiger partial charge in [-0.15, -0.1) is 0 Å². The number of morpholine rings is 1. The number of ether oxygens (including phenoxy) is 1. The number of amides is 1. The summed E-state index contributed by atoms with van der Waals surface area (Å²) in [5.41, 5.74) is -0.0636. The maximum Gasteiger partial charge on any atom is 0.263 e. The van der Waals surface area contributed by atoms with Gasteiger partial charge < -0.3 is 14.6 Å². The van der Waals surface area contributed by atoms with Gasteiger partial charge in [-0.1, -0.05) is 6.92 Å². The topological polar surface area (TPSA) is 75.3 Å². The SMILES string of the molecule is CC[C@H]1COCCN1C(=O)c1cnc(C23CC4CC(CC(C4)C2)C3)[nH]c1=O. The summed E-state index contributed by atoms with van der Waals surface area (Å²) >= 11 is 0. The highest BCUT2D eigenvalue weighted by Gasteiger charge is 2.53. The molecule has 1 aromatic heterocycles. The molecule has 1 amide bonds. The quantitative estimate of drug-likeness (QED) is 0.886. The second-order valence-electron chi connectivity index (χ2n) is 9.31. The number of H-pyrrole nitrogens is 1. The van der Waals surface area contributed by atoms with Crippen LogP contribution in [0.25, 0.3) is 0 Å².